The van der Waals surface area contributed by atoms with E-state index >= 15 is 0 Å². The van der Waals surface area contributed by atoms with Gasteiger partial charge >= 0.3 is 0 Å². The first kappa shape index (κ1) is 32.1. The van der Waals surface area contributed by atoms with Crippen LogP contribution in [0.5, 0.6) is 0 Å². The van der Waals surface area contributed by atoms with Crippen molar-refractivity contribution in [3.8, 4) is 0 Å². The summed E-state index contributed by atoms with van der Waals surface area (Å²) in [5, 5.41) is 8.36. The van der Waals surface area contributed by atoms with E-state index in [1.165, 1.54) is 0 Å². The molecule has 64 valence electrons. The van der Waals surface area contributed by atoms with Gasteiger partial charge in [-0.15, -0.1) is 49.6 Å². The van der Waals surface area contributed by atoms with Crippen molar-refractivity contribution in [2.24, 2.45) is 0 Å². The van der Waals surface area contributed by atoms with E-state index in [-0.39, 0.29) is 55.7 Å². The van der Waals surface area contributed by atoms with Crippen LogP contribution in [0, 0.1) is 0 Å². The van der Waals surface area contributed by atoms with E-state index in [0.717, 1.165) is 6.42 Å². The lowest BCUT2D eigenvalue weighted by Crippen LogP contribution is -1.93. The first-order valence-corrected chi connectivity index (χ1v) is 1.95. The molecule has 0 aromatic carbocycles. The third-order valence-corrected chi connectivity index (χ3v) is 0.591. The van der Waals surface area contributed by atoms with Crippen LogP contribution < -0.4 is 0 Å². The molecule has 1 N–H and O–H groups in total. The second-order valence-electron chi connectivity index (χ2n) is 1.26. The molecule has 9 heavy (non-hydrogen) atoms. The van der Waals surface area contributed by atoms with Gasteiger partial charge < -0.3 is 5.11 Å². The molecule has 5 heteroatoms. The Morgan fingerprint density at radius 3 is 1.22 bits per heavy atom. The fraction of sp³-hybridized carbons (Fsp3) is 1.00. The van der Waals surface area contributed by atoms with Crippen LogP contribution in [0.4, 0.5) is 0 Å². The standard InChI is InChI=1S/C4H10O.4ClH/c1-3-4(2)5;;;;/h4-5H,3H2,1-2H3;4*1H. The molecule has 0 bridgehead atoms. The minimum atomic E-state index is -0.116. The molecule has 1 nitrogen and oxygen atoms in total. The number of aliphatic hydroxyl groups excluding tert-OH is 1. The van der Waals surface area contributed by atoms with E-state index < -0.39 is 0 Å². The van der Waals surface area contributed by atoms with Crippen molar-refractivity contribution in [2.75, 3.05) is 0 Å². The number of aliphatic hydroxyl groups is 1. The first-order valence-electron chi connectivity index (χ1n) is 1.95. The van der Waals surface area contributed by atoms with Gasteiger partial charge in [0.1, 0.15) is 0 Å². The summed E-state index contributed by atoms with van der Waals surface area (Å²) < 4.78 is 0. The van der Waals surface area contributed by atoms with Crippen molar-refractivity contribution in [3.05, 3.63) is 0 Å². The molecule has 0 aromatic heterocycles. The van der Waals surface area contributed by atoms with E-state index in [1.54, 1.807) is 6.92 Å². The zero-order chi connectivity index (χ0) is 4.28. The van der Waals surface area contributed by atoms with Crippen molar-refractivity contribution in [3.63, 3.8) is 0 Å². The third kappa shape index (κ3) is 47.5. The maximum absolute atomic E-state index is 8.36. The molecular formula is C4H14Cl4O. The smallest absolute Gasteiger partial charge is 0.0509 e. The number of rotatable bonds is 1. The van der Waals surface area contributed by atoms with Gasteiger partial charge in [0.25, 0.3) is 0 Å². The molecule has 0 saturated heterocycles. The van der Waals surface area contributed by atoms with Crippen LogP contribution in [0.15, 0.2) is 0 Å². The van der Waals surface area contributed by atoms with Gasteiger partial charge in [0.2, 0.25) is 0 Å². The molecule has 1 unspecified atom stereocenters. The van der Waals surface area contributed by atoms with Gasteiger partial charge in [-0.25, -0.2) is 0 Å². The van der Waals surface area contributed by atoms with Crippen LogP contribution in [0.3, 0.4) is 0 Å². The SMILES string of the molecule is CCC(C)O.Cl.Cl.Cl.Cl. The summed E-state index contributed by atoms with van der Waals surface area (Å²) in [6.45, 7) is 3.73. The highest BCUT2D eigenvalue weighted by Crippen LogP contribution is 1.81. The fourth-order valence-corrected chi connectivity index (χ4v) is 0. The summed E-state index contributed by atoms with van der Waals surface area (Å²) >= 11 is 0. The highest BCUT2D eigenvalue weighted by molar-refractivity contribution is 5.86. The van der Waals surface area contributed by atoms with Crippen LogP contribution in [-0.2, 0) is 0 Å². The molecule has 0 aliphatic heterocycles. The van der Waals surface area contributed by atoms with E-state index in [0.29, 0.717) is 0 Å². The summed E-state index contributed by atoms with van der Waals surface area (Å²) in [5.74, 6) is 0. The second kappa shape index (κ2) is 22.9. The molecule has 0 fully saturated rings. The lowest BCUT2D eigenvalue weighted by molar-refractivity contribution is 0.191. The largest absolute Gasteiger partial charge is 0.393 e. The molecule has 0 amide bonds. The minimum Gasteiger partial charge on any atom is -0.393 e. The van der Waals surface area contributed by atoms with Crippen molar-refractivity contribution < 1.29 is 5.11 Å². The Morgan fingerprint density at radius 1 is 1.11 bits per heavy atom. The van der Waals surface area contributed by atoms with Crippen LogP contribution in [0.25, 0.3) is 0 Å². The van der Waals surface area contributed by atoms with Gasteiger partial charge in [-0.2, -0.15) is 0 Å². The number of hydrogen-bond donors (Lipinski definition) is 1. The monoisotopic (exact) mass is 218 g/mol. The summed E-state index contributed by atoms with van der Waals surface area (Å²) in [6.07, 6.45) is 0.745. The lowest BCUT2D eigenvalue weighted by atomic mass is 10.3. The number of halogens is 4. The predicted octanol–water partition coefficient (Wildman–Crippen LogP) is 2.46. The van der Waals surface area contributed by atoms with Gasteiger partial charge in [0.05, 0.1) is 6.10 Å². The summed E-state index contributed by atoms with van der Waals surface area (Å²) in [4.78, 5) is 0. The van der Waals surface area contributed by atoms with E-state index in [2.05, 4.69) is 0 Å². The van der Waals surface area contributed by atoms with Gasteiger partial charge in [-0.1, -0.05) is 6.92 Å². The Balaban J connectivity index is -0.0000000133. The Bertz CT molecular complexity index is 26.5. The zero-order valence-electron chi connectivity index (χ0n) is 5.36. The third-order valence-electron chi connectivity index (χ3n) is 0.591. The summed E-state index contributed by atoms with van der Waals surface area (Å²) in [7, 11) is 0. The van der Waals surface area contributed by atoms with Gasteiger partial charge in [-0.05, 0) is 13.3 Å². The molecule has 0 saturated carbocycles. The first-order chi connectivity index (χ1) is 2.27. The normalized spacial score (nSPS) is 8.33. The van der Waals surface area contributed by atoms with Gasteiger partial charge in [0.15, 0.2) is 0 Å². The van der Waals surface area contributed by atoms with E-state index in [9.17, 15) is 0 Å². The van der Waals surface area contributed by atoms with Crippen molar-refractivity contribution in [1.82, 2.24) is 0 Å². The molecule has 0 heterocycles. The minimum absolute atomic E-state index is 0. The van der Waals surface area contributed by atoms with Crippen LogP contribution in [0.1, 0.15) is 20.3 Å². The molecule has 1 atom stereocenters. The van der Waals surface area contributed by atoms with Crippen LogP contribution in [-0.4, -0.2) is 11.2 Å². The molecule has 0 radical (unpaired) electrons. The van der Waals surface area contributed by atoms with Crippen molar-refractivity contribution in [1.29, 1.82) is 0 Å². The molecule has 0 rings (SSSR count). The van der Waals surface area contributed by atoms with Crippen LogP contribution in [0.2, 0.25) is 0 Å². The quantitative estimate of drug-likeness (QED) is 0.719. The Morgan fingerprint density at radius 2 is 1.22 bits per heavy atom. The predicted molar refractivity (Wildman–Crippen MR) is 51.0 cm³/mol. The molecule has 0 aliphatic rings. The fourth-order valence-electron chi connectivity index (χ4n) is 0. The van der Waals surface area contributed by atoms with Crippen molar-refractivity contribution >= 4 is 49.6 Å². The van der Waals surface area contributed by atoms with Crippen LogP contribution >= 0.6 is 49.6 Å². The van der Waals surface area contributed by atoms with Crippen molar-refractivity contribution in [2.45, 2.75) is 26.4 Å². The van der Waals surface area contributed by atoms with Gasteiger partial charge in [0, 0.05) is 0 Å². The van der Waals surface area contributed by atoms with E-state index in [4.69, 9.17) is 5.11 Å². The average Bonchev–Trinajstić information content (AvgIpc) is 1.38. The van der Waals surface area contributed by atoms with Gasteiger partial charge in [-0.3, -0.25) is 0 Å². The average molecular weight is 220 g/mol. The highest BCUT2D eigenvalue weighted by atomic mass is 35.5. The van der Waals surface area contributed by atoms with E-state index in [1.807, 2.05) is 6.92 Å². The molecule has 0 aromatic rings. The summed E-state index contributed by atoms with van der Waals surface area (Å²) in [5.41, 5.74) is 0. The Kier molecular flexibility index (Phi) is 81.8. The highest BCUT2D eigenvalue weighted by Gasteiger charge is 1.81. The second-order valence-corrected chi connectivity index (χ2v) is 1.26. The maximum Gasteiger partial charge on any atom is 0.0509 e. The lowest BCUT2D eigenvalue weighted by Gasteiger charge is -1.90. The Labute approximate surface area is 81.2 Å². The number of hydrogen-bond acceptors (Lipinski definition) is 1. The maximum atomic E-state index is 8.36. The Hall–Kier alpha value is 1.12. The molecular weight excluding hydrogens is 206 g/mol. The zero-order valence-corrected chi connectivity index (χ0v) is 8.63. The topological polar surface area (TPSA) is 20.2 Å². The molecule has 0 aliphatic carbocycles. The molecule has 0 spiro atoms. The summed E-state index contributed by atoms with van der Waals surface area (Å²) in [6, 6.07) is 0.